The van der Waals surface area contributed by atoms with Crippen LogP contribution in [-0.4, -0.2) is 64.2 Å². The molecule has 0 amide bonds. The smallest absolute Gasteiger partial charge is 0.293 e. The fourth-order valence-corrected chi connectivity index (χ4v) is 0.787. The highest BCUT2D eigenvalue weighted by Crippen LogP contribution is 2.05. The van der Waals surface area contributed by atoms with Crippen LogP contribution in [0.2, 0.25) is 0 Å². The lowest BCUT2D eigenvalue weighted by Gasteiger charge is -2.24. The topological polar surface area (TPSA) is 124 Å². The van der Waals surface area contributed by atoms with Crippen molar-refractivity contribution in [2.45, 2.75) is 24.4 Å². The molecule has 0 saturated heterocycles. The number of carbonyl (C=O) groups is 2. The average molecular weight is 208 g/mol. The molecule has 0 heterocycles. The zero-order valence-corrected chi connectivity index (χ0v) is 7.18. The van der Waals surface area contributed by atoms with Crippen molar-refractivity contribution in [1.29, 1.82) is 0 Å². The van der Waals surface area contributed by atoms with E-state index in [1.54, 1.807) is 0 Å². The Bertz CT molecular complexity index is 183. The molecule has 0 aromatic rings. The van der Waals surface area contributed by atoms with Crippen molar-refractivity contribution in [2.24, 2.45) is 0 Å². The van der Waals surface area contributed by atoms with Crippen LogP contribution in [0.5, 0.6) is 0 Å². The zero-order valence-electron chi connectivity index (χ0n) is 7.18. The molecule has 4 atom stereocenters. The minimum Gasteiger partial charge on any atom is -0.454 e. The summed E-state index contributed by atoms with van der Waals surface area (Å²) in [5.74, 6) is 0. The maximum atomic E-state index is 10.3. The van der Waals surface area contributed by atoms with Crippen LogP contribution in [-0.2, 0) is 14.3 Å². The Labute approximate surface area is 79.5 Å². The first-order chi connectivity index (χ1) is 6.58. The van der Waals surface area contributed by atoms with Crippen LogP contribution in [0.1, 0.15) is 0 Å². The highest BCUT2D eigenvalue weighted by molar-refractivity contribution is 5.60. The van der Waals surface area contributed by atoms with Crippen LogP contribution >= 0.6 is 0 Å². The molecule has 0 radical (unpaired) electrons. The summed E-state index contributed by atoms with van der Waals surface area (Å²) in [6.45, 7) is -0.856. The molecule has 0 aliphatic heterocycles. The molecule has 7 heteroatoms. The molecule has 0 bridgehead atoms. The molecule has 82 valence electrons. The molecule has 0 aliphatic rings. The van der Waals surface area contributed by atoms with Crippen molar-refractivity contribution in [3.8, 4) is 0 Å². The molecule has 0 aromatic heterocycles. The lowest BCUT2D eigenvalue weighted by Crippen LogP contribution is -2.47. The number of aliphatic hydroxyl groups is 4. The lowest BCUT2D eigenvalue weighted by molar-refractivity contribution is -0.157. The summed E-state index contributed by atoms with van der Waals surface area (Å²) >= 11 is 0. The average Bonchev–Trinajstić information content (AvgIpc) is 2.22. The van der Waals surface area contributed by atoms with E-state index in [9.17, 15) is 14.7 Å². The SMILES string of the molecule is O=CO[C@H](C=O)[C@@H](O)[C@H](O)[C@H](O)CO. The second-order valence-electron chi connectivity index (χ2n) is 2.56. The molecular formula is C7H12O7. The molecule has 0 spiro atoms. The molecule has 0 rings (SSSR count). The maximum absolute atomic E-state index is 10.3. The second kappa shape index (κ2) is 6.44. The highest BCUT2D eigenvalue weighted by atomic mass is 16.5. The van der Waals surface area contributed by atoms with Crippen molar-refractivity contribution in [3.05, 3.63) is 0 Å². The van der Waals surface area contributed by atoms with Crippen LogP contribution in [0.3, 0.4) is 0 Å². The molecule has 4 N–H and O–H groups in total. The van der Waals surface area contributed by atoms with Gasteiger partial charge in [-0.15, -0.1) is 0 Å². The van der Waals surface area contributed by atoms with Gasteiger partial charge in [-0.1, -0.05) is 0 Å². The van der Waals surface area contributed by atoms with Crippen molar-refractivity contribution in [1.82, 2.24) is 0 Å². The summed E-state index contributed by atoms with van der Waals surface area (Å²) in [4.78, 5) is 20.1. The molecule has 0 saturated carbocycles. The largest absolute Gasteiger partial charge is 0.454 e. The minimum absolute atomic E-state index is 0.0691. The molecule has 7 nitrogen and oxygen atoms in total. The summed E-state index contributed by atoms with van der Waals surface area (Å²) in [5, 5.41) is 35.6. The Kier molecular flexibility index (Phi) is 5.97. The van der Waals surface area contributed by atoms with Gasteiger partial charge >= 0.3 is 0 Å². The Morgan fingerprint density at radius 2 is 1.71 bits per heavy atom. The lowest BCUT2D eigenvalue weighted by atomic mass is 10.0. The Morgan fingerprint density at radius 3 is 2.07 bits per heavy atom. The fourth-order valence-electron chi connectivity index (χ4n) is 0.787. The molecule has 0 unspecified atom stereocenters. The number of hydrogen-bond donors (Lipinski definition) is 4. The summed E-state index contributed by atoms with van der Waals surface area (Å²) in [7, 11) is 0. The molecule has 0 aliphatic carbocycles. The van der Waals surface area contributed by atoms with Crippen molar-refractivity contribution >= 4 is 12.8 Å². The van der Waals surface area contributed by atoms with E-state index in [1.807, 2.05) is 0 Å². The monoisotopic (exact) mass is 208 g/mol. The summed E-state index contributed by atoms with van der Waals surface area (Å²) in [6, 6.07) is 0. The zero-order chi connectivity index (χ0) is 11.1. The first-order valence-corrected chi connectivity index (χ1v) is 3.78. The first-order valence-electron chi connectivity index (χ1n) is 3.78. The molecular weight excluding hydrogens is 196 g/mol. The number of aliphatic hydroxyl groups excluding tert-OH is 4. The fraction of sp³-hybridized carbons (Fsp3) is 0.714. The molecule has 14 heavy (non-hydrogen) atoms. The van der Waals surface area contributed by atoms with Gasteiger partial charge in [0, 0.05) is 0 Å². The van der Waals surface area contributed by atoms with Gasteiger partial charge in [0.1, 0.15) is 18.3 Å². The standard InChI is InChI=1S/C7H12O7/c8-1-4(11)6(12)7(13)5(2-9)14-3-10/h2-8,11-13H,1H2/t4-,5-,6-,7-/m1/s1. The maximum Gasteiger partial charge on any atom is 0.293 e. The van der Waals surface area contributed by atoms with Gasteiger partial charge in [-0.3, -0.25) is 9.59 Å². The van der Waals surface area contributed by atoms with E-state index in [-0.39, 0.29) is 12.8 Å². The van der Waals surface area contributed by atoms with E-state index in [1.165, 1.54) is 0 Å². The van der Waals surface area contributed by atoms with Gasteiger partial charge in [-0.25, -0.2) is 0 Å². The molecule has 0 fully saturated rings. The summed E-state index contributed by atoms with van der Waals surface area (Å²) in [5.41, 5.74) is 0. The van der Waals surface area contributed by atoms with E-state index in [0.29, 0.717) is 0 Å². The number of ether oxygens (including phenoxy) is 1. The third-order valence-corrected chi connectivity index (χ3v) is 1.61. The van der Waals surface area contributed by atoms with Gasteiger partial charge in [0.15, 0.2) is 12.4 Å². The highest BCUT2D eigenvalue weighted by Gasteiger charge is 2.31. The van der Waals surface area contributed by atoms with Crippen LogP contribution in [0, 0.1) is 0 Å². The van der Waals surface area contributed by atoms with E-state index >= 15 is 0 Å². The normalized spacial score (nSPS) is 19.1. The Morgan fingerprint density at radius 1 is 1.14 bits per heavy atom. The Balaban J connectivity index is 4.31. The number of hydrogen-bond acceptors (Lipinski definition) is 7. The van der Waals surface area contributed by atoms with E-state index in [2.05, 4.69) is 4.74 Å². The van der Waals surface area contributed by atoms with Crippen molar-refractivity contribution < 1.29 is 34.8 Å². The first kappa shape index (κ1) is 13.0. The van der Waals surface area contributed by atoms with E-state index in [0.717, 1.165) is 0 Å². The third-order valence-electron chi connectivity index (χ3n) is 1.61. The van der Waals surface area contributed by atoms with Crippen LogP contribution in [0.4, 0.5) is 0 Å². The molecule has 0 aromatic carbocycles. The predicted molar refractivity (Wildman–Crippen MR) is 42.1 cm³/mol. The number of rotatable bonds is 7. The van der Waals surface area contributed by atoms with Gasteiger partial charge < -0.3 is 25.2 Å². The van der Waals surface area contributed by atoms with Gasteiger partial charge in [0.05, 0.1) is 6.61 Å². The van der Waals surface area contributed by atoms with Crippen LogP contribution in [0.15, 0.2) is 0 Å². The van der Waals surface area contributed by atoms with Gasteiger partial charge in [-0.05, 0) is 0 Å². The second-order valence-corrected chi connectivity index (χ2v) is 2.56. The summed E-state index contributed by atoms with van der Waals surface area (Å²) < 4.78 is 4.12. The number of aldehydes is 1. The van der Waals surface area contributed by atoms with Gasteiger partial charge in [-0.2, -0.15) is 0 Å². The third kappa shape index (κ3) is 3.38. The predicted octanol–water partition coefficient (Wildman–Crippen LogP) is -3.20. The van der Waals surface area contributed by atoms with Crippen molar-refractivity contribution in [3.63, 3.8) is 0 Å². The van der Waals surface area contributed by atoms with E-state index < -0.39 is 31.0 Å². The van der Waals surface area contributed by atoms with E-state index in [4.69, 9.17) is 15.3 Å². The van der Waals surface area contributed by atoms with Gasteiger partial charge in [0.25, 0.3) is 6.47 Å². The summed E-state index contributed by atoms with van der Waals surface area (Å²) in [6.07, 6.45) is -6.62. The van der Waals surface area contributed by atoms with Crippen LogP contribution in [0.25, 0.3) is 0 Å². The Hall–Kier alpha value is -1.02. The van der Waals surface area contributed by atoms with Crippen molar-refractivity contribution in [2.75, 3.05) is 6.61 Å². The number of carbonyl (C=O) groups excluding carboxylic acids is 2. The van der Waals surface area contributed by atoms with Crippen LogP contribution < -0.4 is 0 Å². The quantitative estimate of drug-likeness (QED) is 0.325. The minimum atomic E-state index is -1.78. The van der Waals surface area contributed by atoms with Gasteiger partial charge in [0.2, 0.25) is 0 Å².